The van der Waals surface area contributed by atoms with Crippen molar-refractivity contribution < 1.29 is 9.78 Å². The Bertz CT molecular complexity index is 1080. The van der Waals surface area contributed by atoms with E-state index >= 15 is 0 Å². The molecule has 2 nitrogen and oxygen atoms in total. The number of rotatable bonds is 0. The molecule has 0 saturated carbocycles. The highest BCUT2D eigenvalue weighted by molar-refractivity contribution is 6.04. The molecule has 1 aliphatic rings. The molecule has 4 aromatic rings. The van der Waals surface area contributed by atoms with Gasteiger partial charge in [0, 0.05) is 10.4 Å². The molecule has 1 heterocycles. The standard InChI is InChI=1S/C20H12O2/c1-2-4-14-6-16-8-18-10-20-12-22-21-11-19(20)9-17(18)7-15(16)5-13(14)3-1/h1-12H. The zero-order valence-electron chi connectivity index (χ0n) is 11.7. The number of hydrogen-bond acceptors (Lipinski definition) is 2. The van der Waals surface area contributed by atoms with E-state index in [1.807, 2.05) is 0 Å². The predicted molar refractivity (Wildman–Crippen MR) is 89.3 cm³/mol. The largest absolute Gasteiger partial charge is 0.298 e. The Morgan fingerprint density at radius 1 is 0.455 bits per heavy atom. The van der Waals surface area contributed by atoms with Gasteiger partial charge in [0.05, 0.1) is 0 Å². The maximum atomic E-state index is 4.91. The van der Waals surface area contributed by atoms with Crippen LogP contribution in [0.3, 0.4) is 0 Å². The number of hydrogen-bond donors (Lipinski definition) is 0. The van der Waals surface area contributed by atoms with Crippen LogP contribution < -0.4 is 10.4 Å². The molecular weight excluding hydrogens is 272 g/mol. The molecule has 22 heavy (non-hydrogen) atoms. The van der Waals surface area contributed by atoms with Crippen LogP contribution >= 0.6 is 0 Å². The molecule has 0 atom stereocenters. The lowest BCUT2D eigenvalue weighted by atomic mass is 9.99. The molecule has 0 aliphatic carbocycles. The van der Waals surface area contributed by atoms with Gasteiger partial charge in [-0.3, -0.25) is 9.78 Å². The molecule has 0 bridgehead atoms. The minimum absolute atomic E-state index is 1.04. The molecule has 0 radical (unpaired) electrons. The third-order valence-corrected chi connectivity index (χ3v) is 4.27. The summed E-state index contributed by atoms with van der Waals surface area (Å²) < 4.78 is 0. The van der Waals surface area contributed by atoms with Crippen LogP contribution in [0.1, 0.15) is 0 Å². The van der Waals surface area contributed by atoms with Crippen LogP contribution in [0.5, 0.6) is 0 Å². The van der Waals surface area contributed by atoms with Crippen molar-refractivity contribution in [3.05, 3.63) is 71.1 Å². The van der Waals surface area contributed by atoms with E-state index in [1.54, 1.807) is 12.5 Å². The topological polar surface area (TPSA) is 18.5 Å². The second-order valence-electron chi connectivity index (χ2n) is 5.66. The third-order valence-electron chi connectivity index (χ3n) is 4.27. The molecule has 1 aliphatic heterocycles. The molecule has 4 aromatic carbocycles. The highest BCUT2D eigenvalue weighted by Crippen LogP contribution is 2.26. The van der Waals surface area contributed by atoms with E-state index < -0.39 is 0 Å². The van der Waals surface area contributed by atoms with Crippen molar-refractivity contribution in [2.75, 3.05) is 0 Å². The van der Waals surface area contributed by atoms with Gasteiger partial charge in [0.25, 0.3) is 0 Å². The Balaban J connectivity index is 1.93. The van der Waals surface area contributed by atoms with E-state index in [9.17, 15) is 0 Å². The van der Waals surface area contributed by atoms with Crippen molar-refractivity contribution in [1.29, 1.82) is 0 Å². The van der Waals surface area contributed by atoms with E-state index in [0.29, 0.717) is 0 Å². The quantitative estimate of drug-likeness (QED) is 0.363. The minimum atomic E-state index is 1.04. The summed E-state index contributed by atoms with van der Waals surface area (Å²) in [5.74, 6) is 0. The molecule has 0 fully saturated rings. The number of benzene rings is 4. The summed E-state index contributed by atoms with van der Waals surface area (Å²) in [4.78, 5) is 9.82. The van der Waals surface area contributed by atoms with Crippen LogP contribution in [0, 0.1) is 0 Å². The summed E-state index contributed by atoms with van der Waals surface area (Å²) in [6, 6.07) is 21.7. The van der Waals surface area contributed by atoms with Gasteiger partial charge in [0.15, 0.2) is 12.5 Å². The third kappa shape index (κ3) is 1.67. The van der Waals surface area contributed by atoms with Gasteiger partial charge in [-0.2, -0.15) is 0 Å². The van der Waals surface area contributed by atoms with Gasteiger partial charge >= 0.3 is 0 Å². The average molecular weight is 284 g/mol. The monoisotopic (exact) mass is 284 g/mol. The minimum Gasteiger partial charge on any atom is -0.298 e. The van der Waals surface area contributed by atoms with Gasteiger partial charge in [0.2, 0.25) is 0 Å². The van der Waals surface area contributed by atoms with E-state index in [4.69, 9.17) is 9.78 Å². The maximum absolute atomic E-state index is 4.91. The fraction of sp³-hybridized carbons (Fsp3) is 0. The van der Waals surface area contributed by atoms with Crippen molar-refractivity contribution >= 4 is 44.8 Å². The maximum Gasteiger partial charge on any atom is 0.150 e. The van der Waals surface area contributed by atoms with Gasteiger partial charge in [-0.15, -0.1) is 0 Å². The van der Waals surface area contributed by atoms with Crippen LogP contribution in [-0.4, -0.2) is 0 Å². The van der Waals surface area contributed by atoms with Crippen molar-refractivity contribution in [2.45, 2.75) is 0 Å². The van der Waals surface area contributed by atoms with Crippen molar-refractivity contribution in [2.24, 2.45) is 0 Å². The second kappa shape index (κ2) is 4.25. The first-order chi connectivity index (χ1) is 10.9. The SMILES string of the molecule is C1=c2cc3cc4cc5ccccc5cc4cc3cc2=COO1. The molecule has 0 saturated heterocycles. The van der Waals surface area contributed by atoms with Gasteiger partial charge < -0.3 is 0 Å². The molecular formula is C20H12O2. The van der Waals surface area contributed by atoms with Crippen molar-refractivity contribution in [1.82, 2.24) is 0 Å². The lowest BCUT2D eigenvalue weighted by molar-refractivity contribution is -0.151. The van der Waals surface area contributed by atoms with Gasteiger partial charge in [-0.1, -0.05) is 24.3 Å². The van der Waals surface area contributed by atoms with Gasteiger partial charge in [-0.25, -0.2) is 0 Å². The Labute approximate surface area is 126 Å². The van der Waals surface area contributed by atoms with Crippen LogP contribution in [0.25, 0.3) is 44.8 Å². The first kappa shape index (κ1) is 11.6. The summed E-state index contributed by atoms with van der Waals surface area (Å²) in [6.07, 6.45) is 3.28. The first-order valence-corrected chi connectivity index (χ1v) is 7.26. The predicted octanol–water partition coefficient (Wildman–Crippen LogP) is 3.58. The molecule has 2 heteroatoms. The summed E-state index contributed by atoms with van der Waals surface area (Å²) >= 11 is 0. The summed E-state index contributed by atoms with van der Waals surface area (Å²) in [7, 11) is 0. The van der Waals surface area contributed by atoms with E-state index in [-0.39, 0.29) is 0 Å². The fourth-order valence-corrected chi connectivity index (χ4v) is 3.14. The molecule has 104 valence electrons. The van der Waals surface area contributed by atoms with Crippen LogP contribution in [0.4, 0.5) is 0 Å². The molecule has 0 aromatic heterocycles. The van der Waals surface area contributed by atoms with E-state index in [2.05, 4.69) is 60.7 Å². The van der Waals surface area contributed by atoms with Crippen LogP contribution in [0.15, 0.2) is 60.7 Å². The highest BCUT2D eigenvalue weighted by Gasteiger charge is 2.03. The summed E-state index contributed by atoms with van der Waals surface area (Å²) in [5, 5.41) is 9.53. The Morgan fingerprint density at radius 3 is 1.36 bits per heavy atom. The summed E-state index contributed by atoms with van der Waals surface area (Å²) in [6.45, 7) is 0. The second-order valence-corrected chi connectivity index (χ2v) is 5.66. The lowest BCUT2D eigenvalue weighted by Gasteiger charge is -2.07. The Kier molecular flexibility index (Phi) is 2.25. The molecule has 0 spiro atoms. The van der Waals surface area contributed by atoms with Gasteiger partial charge in [-0.05, 0) is 68.7 Å². The molecule has 5 rings (SSSR count). The molecule has 0 N–H and O–H groups in total. The zero-order chi connectivity index (χ0) is 14.5. The van der Waals surface area contributed by atoms with E-state index in [1.165, 1.54) is 32.3 Å². The normalized spacial score (nSPS) is 13.1. The zero-order valence-corrected chi connectivity index (χ0v) is 11.7. The van der Waals surface area contributed by atoms with Crippen molar-refractivity contribution in [3.8, 4) is 0 Å². The first-order valence-electron chi connectivity index (χ1n) is 7.26. The smallest absolute Gasteiger partial charge is 0.150 e. The lowest BCUT2D eigenvalue weighted by Crippen LogP contribution is -2.27. The molecule has 0 unspecified atom stereocenters. The van der Waals surface area contributed by atoms with Crippen LogP contribution in [0.2, 0.25) is 0 Å². The molecule has 0 amide bonds. The summed E-state index contributed by atoms with van der Waals surface area (Å²) in [5.41, 5.74) is 0. The highest BCUT2D eigenvalue weighted by atomic mass is 17.2. The van der Waals surface area contributed by atoms with E-state index in [0.717, 1.165) is 10.4 Å². The van der Waals surface area contributed by atoms with Gasteiger partial charge in [0.1, 0.15) is 0 Å². The fourth-order valence-electron chi connectivity index (χ4n) is 3.14. The average Bonchev–Trinajstić information content (AvgIpc) is 2.56. The Morgan fingerprint density at radius 2 is 0.864 bits per heavy atom. The number of fused-ring (bicyclic) bond motifs is 4. The Hall–Kier alpha value is -3.00. The van der Waals surface area contributed by atoms with Crippen LogP contribution in [-0.2, 0) is 9.78 Å². The van der Waals surface area contributed by atoms with Crippen molar-refractivity contribution in [3.63, 3.8) is 0 Å².